The number of aliphatic hydroxyl groups excluding tert-OH is 1. The van der Waals surface area contributed by atoms with Crippen LogP contribution in [0.2, 0.25) is 0 Å². The van der Waals surface area contributed by atoms with E-state index in [9.17, 15) is 14.3 Å². The van der Waals surface area contributed by atoms with Gasteiger partial charge in [-0.05, 0) is 49.9 Å². The van der Waals surface area contributed by atoms with Crippen LogP contribution in [0, 0.1) is 11.7 Å². The zero-order valence-electron chi connectivity index (χ0n) is 16.7. The topological polar surface area (TPSA) is 86.2 Å². The number of ether oxygens (including phenoxy) is 1. The van der Waals surface area contributed by atoms with E-state index in [-0.39, 0.29) is 24.9 Å². The van der Waals surface area contributed by atoms with Gasteiger partial charge in [0.2, 0.25) is 5.91 Å². The van der Waals surface area contributed by atoms with E-state index >= 15 is 0 Å². The summed E-state index contributed by atoms with van der Waals surface area (Å²) in [5.74, 6) is 1.43. The zero-order valence-corrected chi connectivity index (χ0v) is 16.7. The van der Waals surface area contributed by atoms with E-state index < -0.39 is 6.10 Å². The molecule has 0 saturated carbocycles. The summed E-state index contributed by atoms with van der Waals surface area (Å²) < 4.78 is 18.4. The molecule has 1 unspecified atom stereocenters. The Labute approximate surface area is 166 Å². The first-order valence-corrected chi connectivity index (χ1v) is 9.82. The van der Waals surface area contributed by atoms with E-state index in [0.717, 1.165) is 38.4 Å². The highest BCUT2D eigenvalue weighted by Crippen LogP contribution is 2.20. The fourth-order valence-electron chi connectivity index (χ4n) is 3.11. The fourth-order valence-corrected chi connectivity index (χ4v) is 3.11. The number of carbonyl (C=O) groups is 1. The molecule has 0 bridgehead atoms. The molecule has 1 aliphatic heterocycles. The molecule has 0 aliphatic carbocycles. The minimum Gasteiger partial charge on any atom is -0.491 e. The first-order chi connectivity index (χ1) is 13.5. The first kappa shape index (κ1) is 21.9. The van der Waals surface area contributed by atoms with E-state index in [1.54, 1.807) is 7.05 Å². The maximum absolute atomic E-state index is 12.9. The number of piperidine rings is 1. The molecule has 1 aromatic carbocycles. The highest BCUT2D eigenvalue weighted by atomic mass is 19.1. The minimum atomic E-state index is -0.760. The average molecular weight is 394 g/mol. The maximum atomic E-state index is 12.9. The molecule has 3 N–H and O–H groups in total. The van der Waals surface area contributed by atoms with Gasteiger partial charge in [-0.15, -0.1) is 0 Å². The summed E-state index contributed by atoms with van der Waals surface area (Å²) in [6.45, 7) is 4.69. The van der Waals surface area contributed by atoms with Crippen LogP contribution >= 0.6 is 0 Å². The largest absolute Gasteiger partial charge is 0.491 e. The second-order valence-corrected chi connectivity index (χ2v) is 6.92. The van der Waals surface area contributed by atoms with Crippen LogP contribution in [-0.2, 0) is 4.79 Å². The van der Waals surface area contributed by atoms with Crippen LogP contribution in [0.1, 0.15) is 26.2 Å². The number of hydrogen-bond donors (Lipinski definition) is 3. The highest BCUT2D eigenvalue weighted by molar-refractivity contribution is 5.80. The van der Waals surface area contributed by atoms with Crippen molar-refractivity contribution in [2.45, 2.75) is 32.3 Å². The van der Waals surface area contributed by atoms with Crippen LogP contribution in [0.4, 0.5) is 4.39 Å². The lowest BCUT2D eigenvalue weighted by Gasteiger charge is -2.34. The van der Waals surface area contributed by atoms with E-state index in [0.29, 0.717) is 18.1 Å². The van der Waals surface area contributed by atoms with E-state index in [1.807, 2.05) is 6.92 Å². The van der Waals surface area contributed by atoms with Gasteiger partial charge < -0.3 is 25.4 Å². The van der Waals surface area contributed by atoms with E-state index in [1.165, 1.54) is 24.3 Å². The maximum Gasteiger partial charge on any atom is 0.220 e. The van der Waals surface area contributed by atoms with Crippen LogP contribution in [0.3, 0.4) is 0 Å². The SMILES string of the molecule is CCNC(=NCC(O)COc1ccc(F)cc1)N1CCC(CC(=O)NC)CC1. The summed E-state index contributed by atoms with van der Waals surface area (Å²) in [4.78, 5) is 18.2. The predicted molar refractivity (Wildman–Crippen MR) is 107 cm³/mol. The second-order valence-electron chi connectivity index (χ2n) is 6.92. The molecule has 1 amide bonds. The Morgan fingerprint density at radius 3 is 2.64 bits per heavy atom. The number of carbonyl (C=O) groups excluding carboxylic acids is 1. The molecular weight excluding hydrogens is 363 g/mol. The van der Waals surface area contributed by atoms with Crippen molar-refractivity contribution in [2.24, 2.45) is 10.9 Å². The van der Waals surface area contributed by atoms with Gasteiger partial charge in [0.15, 0.2) is 5.96 Å². The second kappa shape index (κ2) is 11.5. The number of benzene rings is 1. The van der Waals surface area contributed by atoms with Crippen LogP contribution in [0.25, 0.3) is 0 Å². The van der Waals surface area contributed by atoms with Gasteiger partial charge in [0.05, 0.1) is 6.54 Å². The normalized spacial score (nSPS) is 16.6. The Morgan fingerprint density at radius 2 is 2.04 bits per heavy atom. The third kappa shape index (κ3) is 7.34. The lowest BCUT2D eigenvalue weighted by atomic mass is 9.93. The summed E-state index contributed by atoms with van der Waals surface area (Å²) in [5.41, 5.74) is 0. The van der Waals surface area contributed by atoms with Crippen molar-refractivity contribution in [1.29, 1.82) is 0 Å². The number of aliphatic hydroxyl groups is 1. The molecular formula is C20H31FN4O3. The number of nitrogens with zero attached hydrogens (tertiary/aromatic N) is 2. The predicted octanol–water partition coefficient (Wildman–Crippen LogP) is 1.38. The molecule has 0 aromatic heterocycles. The summed E-state index contributed by atoms with van der Waals surface area (Å²) in [7, 11) is 1.67. The Balaban J connectivity index is 1.81. The molecule has 7 nitrogen and oxygen atoms in total. The van der Waals surface area contributed by atoms with Crippen molar-refractivity contribution in [2.75, 3.05) is 39.8 Å². The van der Waals surface area contributed by atoms with Gasteiger partial charge in [0.1, 0.15) is 24.3 Å². The van der Waals surface area contributed by atoms with Gasteiger partial charge >= 0.3 is 0 Å². The first-order valence-electron chi connectivity index (χ1n) is 9.82. The smallest absolute Gasteiger partial charge is 0.220 e. The monoisotopic (exact) mass is 394 g/mol. The molecule has 8 heteroatoms. The Kier molecular flexibility index (Phi) is 9.00. The Hall–Kier alpha value is -2.35. The number of nitrogens with one attached hydrogen (secondary N) is 2. The molecule has 0 radical (unpaired) electrons. The molecule has 1 aliphatic rings. The lowest BCUT2D eigenvalue weighted by Crippen LogP contribution is -2.46. The lowest BCUT2D eigenvalue weighted by molar-refractivity contribution is -0.121. The van der Waals surface area contributed by atoms with Crippen molar-refractivity contribution in [3.63, 3.8) is 0 Å². The number of likely N-dealkylation sites (tertiary alicyclic amines) is 1. The average Bonchev–Trinajstić information content (AvgIpc) is 2.71. The molecule has 1 aromatic rings. The number of hydrogen-bond acceptors (Lipinski definition) is 4. The minimum absolute atomic E-state index is 0.0861. The Bertz CT molecular complexity index is 631. The van der Waals surface area contributed by atoms with Crippen molar-refractivity contribution >= 4 is 11.9 Å². The number of halogens is 1. The molecule has 0 spiro atoms. The Morgan fingerprint density at radius 1 is 1.36 bits per heavy atom. The van der Waals surface area contributed by atoms with Gasteiger partial charge in [-0.1, -0.05) is 0 Å². The highest BCUT2D eigenvalue weighted by Gasteiger charge is 2.23. The summed E-state index contributed by atoms with van der Waals surface area (Å²) in [6.07, 6.45) is 1.68. The molecule has 156 valence electrons. The van der Waals surface area contributed by atoms with Crippen LogP contribution in [0.15, 0.2) is 29.3 Å². The molecule has 28 heavy (non-hydrogen) atoms. The fraction of sp³-hybridized carbons (Fsp3) is 0.600. The quantitative estimate of drug-likeness (QED) is 0.458. The third-order valence-electron chi connectivity index (χ3n) is 4.71. The van der Waals surface area contributed by atoms with Gasteiger partial charge in [-0.3, -0.25) is 9.79 Å². The van der Waals surface area contributed by atoms with Crippen LogP contribution < -0.4 is 15.4 Å². The molecule has 1 fully saturated rings. The number of guanidine groups is 1. The van der Waals surface area contributed by atoms with Crippen molar-refractivity contribution < 1.29 is 19.0 Å². The van der Waals surface area contributed by atoms with Gasteiger partial charge in [-0.2, -0.15) is 0 Å². The van der Waals surface area contributed by atoms with Crippen molar-refractivity contribution in [3.8, 4) is 5.75 Å². The van der Waals surface area contributed by atoms with E-state index in [4.69, 9.17) is 4.74 Å². The number of aliphatic imine (C=N–C) groups is 1. The third-order valence-corrected chi connectivity index (χ3v) is 4.71. The molecule has 1 atom stereocenters. The summed E-state index contributed by atoms with van der Waals surface area (Å²) >= 11 is 0. The standard InChI is InChI=1S/C20H31FN4O3/c1-3-23-20(25-10-8-15(9-11-25)12-19(27)22-2)24-13-17(26)14-28-18-6-4-16(21)5-7-18/h4-7,15,17,26H,3,8-14H2,1-2H3,(H,22,27)(H,23,24). The molecule has 1 saturated heterocycles. The summed E-state index contributed by atoms with van der Waals surface area (Å²) in [5, 5.41) is 16.1. The summed E-state index contributed by atoms with van der Waals surface area (Å²) in [6, 6.07) is 5.69. The van der Waals surface area contributed by atoms with Crippen molar-refractivity contribution in [3.05, 3.63) is 30.1 Å². The van der Waals surface area contributed by atoms with E-state index in [2.05, 4.69) is 20.5 Å². The molecule has 2 rings (SSSR count). The van der Waals surface area contributed by atoms with Gasteiger partial charge in [0, 0.05) is 33.1 Å². The zero-order chi connectivity index (χ0) is 20.4. The van der Waals surface area contributed by atoms with Crippen molar-refractivity contribution in [1.82, 2.24) is 15.5 Å². The van der Waals surface area contributed by atoms with Crippen LogP contribution in [-0.4, -0.2) is 67.8 Å². The van der Waals surface area contributed by atoms with Crippen LogP contribution in [0.5, 0.6) is 5.75 Å². The van der Waals surface area contributed by atoms with Gasteiger partial charge in [0.25, 0.3) is 0 Å². The molecule has 1 heterocycles. The number of rotatable bonds is 8. The van der Waals surface area contributed by atoms with Gasteiger partial charge in [-0.25, -0.2) is 4.39 Å². The number of amides is 1.